The second-order valence-electron chi connectivity index (χ2n) is 4.26. The molecule has 0 heterocycles. The number of aliphatic hydroxyl groups excluding tert-OH is 1. The maximum atomic E-state index is 9.30. The minimum Gasteiger partial charge on any atom is -0.393 e. The van der Waals surface area contributed by atoms with Gasteiger partial charge in [-0.25, -0.2) is 0 Å². The Morgan fingerprint density at radius 2 is 1.27 bits per heavy atom. The molecule has 2 rings (SSSR count). The van der Waals surface area contributed by atoms with Gasteiger partial charge in [0.2, 0.25) is 0 Å². The lowest BCUT2D eigenvalue weighted by molar-refractivity contribution is 0.0716. The molecule has 0 saturated heterocycles. The second kappa shape index (κ2) is 3.14. The van der Waals surface area contributed by atoms with E-state index in [0.29, 0.717) is 0 Å². The molecule has 0 atom stereocenters. The highest BCUT2D eigenvalue weighted by Gasteiger charge is 2.30. The fourth-order valence-electron chi connectivity index (χ4n) is 2.48. The molecule has 0 aromatic carbocycles. The van der Waals surface area contributed by atoms with Crippen LogP contribution in [0.1, 0.15) is 44.9 Å². The normalized spacial score (nSPS) is 40.1. The summed E-state index contributed by atoms with van der Waals surface area (Å²) in [6.07, 6.45) is 9.18. The van der Waals surface area contributed by atoms with E-state index in [2.05, 4.69) is 0 Å². The summed E-state index contributed by atoms with van der Waals surface area (Å²) in [5.41, 5.74) is 0. The van der Waals surface area contributed by atoms with Gasteiger partial charge in [-0.05, 0) is 37.5 Å². The van der Waals surface area contributed by atoms with Crippen LogP contribution in [-0.2, 0) is 0 Å². The fourth-order valence-corrected chi connectivity index (χ4v) is 2.48. The Bertz CT molecular complexity index is 121. The van der Waals surface area contributed by atoms with Crippen molar-refractivity contribution in [1.29, 1.82) is 0 Å². The van der Waals surface area contributed by atoms with Crippen molar-refractivity contribution in [3.8, 4) is 0 Å². The third kappa shape index (κ3) is 1.58. The van der Waals surface area contributed by atoms with Crippen LogP contribution >= 0.6 is 0 Å². The standard InChI is InChI=1S/C10H18O/c11-10-6-4-9(5-7-10)8-2-1-3-8/h8-11H,1-7H2. The summed E-state index contributed by atoms with van der Waals surface area (Å²) < 4.78 is 0. The minimum absolute atomic E-state index is 0.0336. The molecule has 1 N–H and O–H groups in total. The van der Waals surface area contributed by atoms with Gasteiger partial charge in [0.25, 0.3) is 0 Å². The molecule has 0 aliphatic heterocycles. The van der Waals surface area contributed by atoms with E-state index in [1.54, 1.807) is 0 Å². The highest BCUT2D eigenvalue weighted by atomic mass is 16.3. The largest absolute Gasteiger partial charge is 0.393 e. The average molecular weight is 154 g/mol. The van der Waals surface area contributed by atoms with Gasteiger partial charge in [-0.2, -0.15) is 0 Å². The quantitative estimate of drug-likeness (QED) is 0.614. The third-order valence-corrected chi connectivity index (χ3v) is 3.56. The topological polar surface area (TPSA) is 20.2 Å². The van der Waals surface area contributed by atoms with E-state index < -0.39 is 0 Å². The smallest absolute Gasteiger partial charge is 0.0540 e. The molecule has 0 spiro atoms. The zero-order chi connectivity index (χ0) is 7.68. The van der Waals surface area contributed by atoms with E-state index in [-0.39, 0.29) is 6.10 Å². The third-order valence-electron chi connectivity index (χ3n) is 3.56. The molecule has 0 unspecified atom stereocenters. The summed E-state index contributed by atoms with van der Waals surface area (Å²) in [4.78, 5) is 0. The first-order valence-corrected chi connectivity index (χ1v) is 5.04. The van der Waals surface area contributed by atoms with E-state index in [1.807, 2.05) is 0 Å². The summed E-state index contributed by atoms with van der Waals surface area (Å²) in [6.45, 7) is 0. The highest BCUT2D eigenvalue weighted by Crippen LogP contribution is 2.40. The summed E-state index contributed by atoms with van der Waals surface area (Å²) >= 11 is 0. The summed E-state index contributed by atoms with van der Waals surface area (Å²) in [5.74, 6) is 2.02. The molecule has 11 heavy (non-hydrogen) atoms. The lowest BCUT2D eigenvalue weighted by Crippen LogP contribution is -2.27. The van der Waals surface area contributed by atoms with Crippen molar-refractivity contribution in [3.05, 3.63) is 0 Å². The van der Waals surface area contributed by atoms with E-state index in [9.17, 15) is 5.11 Å². The molecular weight excluding hydrogens is 136 g/mol. The van der Waals surface area contributed by atoms with Gasteiger partial charge in [0, 0.05) is 0 Å². The van der Waals surface area contributed by atoms with Crippen LogP contribution in [0.5, 0.6) is 0 Å². The minimum atomic E-state index is 0.0336. The van der Waals surface area contributed by atoms with Crippen molar-refractivity contribution in [2.75, 3.05) is 0 Å². The van der Waals surface area contributed by atoms with E-state index in [1.165, 1.54) is 32.1 Å². The van der Waals surface area contributed by atoms with Crippen molar-refractivity contribution >= 4 is 0 Å². The highest BCUT2D eigenvalue weighted by molar-refractivity contribution is 4.81. The number of hydrogen-bond donors (Lipinski definition) is 1. The summed E-state index contributed by atoms with van der Waals surface area (Å²) in [7, 11) is 0. The van der Waals surface area contributed by atoms with Gasteiger partial charge in [-0.15, -0.1) is 0 Å². The van der Waals surface area contributed by atoms with Crippen LogP contribution in [0.3, 0.4) is 0 Å². The van der Waals surface area contributed by atoms with Crippen LogP contribution in [0.25, 0.3) is 0 Å². The Hall–Kier alpha value is -0.0400. The molecular formula is C10H18O. The van der Waals surface area contributed by atoms with Gasteiger partial charge >= 0.3 is 0 Å². The second-order valence-corrected chi connectivity index (χ2v) is 4.26. The lowest BCUT2D eigenvalue weighted by Gasteiger charge is -2.37. The Morgan fingerprint density at radius 1 is 0.727 bits per heavy atom. The van der Waals surface area contributed by atoms with E-state index in [4.69, 9.17) is 0 Å². The molecule has 0 aromatic heterocycles. The van der Waals surface area contributed by atoms with Crippen LogP contribution in [0, 0.1) is 11.8 Å². The Balaban J connectivity index is 1.77. The van der Waals surface area contributed by atoms with Crippen LogP contribution in [0.4, 0.5) is 0 Å². The Labute approximate surface area is 68.8 Å². The zero-order valence-corrected chi connectivity index (χ0v) is 7.13. The maximum Gasteiger partial charge on any atom is 0.0540 e. The van der Waals surface area contributed by atoms with Crippen LogP contribution in [0.2, 0.25) is 0 Å². The molecule has 1 nitrogen and oxygen atoms in total. The molecule has 2 aliphatic rings. The predicted molar refractivity (Wildman–Crippen MR) is 45.3 cm³/mol. The van der Waals surface area contributed by atoms with E-state index >= 15 is 0 Å². The lowest BCUT2D eigenvalue weighted by atomic mass is 9.70. The van der Waals surface area contributed by atoms with Gasteiger partial charge in [0.05, 0.1) is 6.10 Å². The van der Waals surface area contributed by atoms with Crippen LogP contribution in [0.15, 0.2) is 0 Å². The van der Waals surface area contributed by atoms with Gasteiger partial charge in [-0.1, -0.05) is 19.3 Å². The van der Waals surface area contributed by atoms with Crippen molar-refractivity contribution < 1.29 is 5.11 Å². The van der Waals surface area contributed by atoms with Crippen molar-refractivity contribution in [2.45, 2.75) is 51.0 Å². The molecule has 0 radical (unpaired) electrons. The van der Waals surface area contributed by atoms with Gasteiger partial charge in [0.15, 0.2) is 0 Å². The first-order valence-electron chi connectivity index (χ1n) is 5.04. The predicted octanol–water partition coefficient (Wildman–Crippen LogP) is 2.34. The Kier molecular flexibility index (Phi) is 2.17. The molecule has 2 aliphatic carbocycles. The first-order chi connectivity index (χ1) is 5.36. The van der Waals surface area contributed by atoms with Crippen molar-refractivity contribution in [3.63, 3.8) is 0 Å². The molecule has 1 heteroatoms. The molecule has 0 amide bonds. The molecule has 2 fully saturated rings. The molecule has 0 bridgehead atoms. The molecule has 64 valence electrons. The zero-order valence-electron chi connectivity index (χ0n) is 7.13. The first kappa shape index (κ1) is 7.60. The SMILES string of the molecule is OC1CCC(C2CCC2)CC1. The number of aliphatic hydroxyl groups is 1. The fraction of sp³-hybridized carbons (Fsp3) is 1.00. The number of hydrogen-bond acceptors (Lipinski definition) is 1. The maximum absolute atomic E-state index is 9.30. The monoisotopic (exact) mass is 154 g/mol. The number of rotatable bonds is 1. The van der Waals surface area contributed by atoms with Crippen LogP contribution in [-0.4, -0.2) is 11.2 Å². The van der Waals surface area contributed by atoms with Gasteiger partial charge in [0.1, 0.15) is 0 Å². The van der Waals surface area contributed by atoms with E-state index in [0.717, 1.165) is 24.7 Å². The van der Waals surface area contributed by atoms with Gasteiger partial charge in [-0.3, -0.25) is 0 Å². The van der Waals surface area contributed by atoms with Crippen LogP contribution < -0.4 is 0 Å². The van der Waals surface area contributed by atoms with Crippen molar-refractivity contribution in [2.24, 2.45) is 11.8 Å². The van der Waals surface area contributed by atoms with Gasteiger partial charge < -0.3 is 5.11 Å². The summed E-state index contributed by atoms with van der Waals surface area (Å²) in [5, 5.41) is 9.30. The summed E-state index contributed by atoms with van der Waals surface area (Å²) in [6, 6.07) is 0. The molecule has 0 aromatic rings. The Morgan fingerprint density at radius 3 is 1.73 bits per heavy atom. The molecule has 2 saturated carbocycles. The van der Waals surface area contributed by atoms with Crippen molar-refractivity contribution in [1.82, 2.24) is 0 Å². The average Bonchev–Trinajstić information content (AvgIpc) is 1.90.